The van der Waals surface area contributed by atoms with Crippen molar-refractivity contribution in [3.8, 4) is 0 Å². The summed E-state index contributed by atoms with van der Waals surface area (Å²) in [6.07, 6.45) is 4.39. The zero-order valence-electron chi connectivity index (χ0n) is 8.32. The number of nitrogens with zero attached hydrogens (tertiary/aromatic N) is 2. The standard InChI is InChI=1S/C9H14IN3O2/c10-8-6-12-9(13-7-8)11-2-1-4-15-5-3-14/h6-7,14H,1-5H2,(H,11,12,13). The lowest BCUT2D eigenvalue weighted by Gasteiger charge is -2.04. The van der Waals surface area contributed by atoms with Crippen LogP contribution in [0.15, 0.2) is 12.4 Å². The van der Waals surface area contributed by atoms with Crippen molar-refractivity contribution in [2.24, 2.45) is 0 Å². The highest BCUT2D eigenvalue weighted by Crippen LogP contribution is 2.02. The summed E-state index contributed by atoms with van der Waals surface area (Å²) >= 11 is 2.16. The van der Waals surface area contributed by atoms with Gasteiger partial charge < -0.3 is 15.2 Å². The van der Waals surface area contributed by atoms with Crippen LogP contribution in [-0.2, 0) is 4.74 Å². The Morgan fingerprint density at radius 2 is 2.07 bits per heavy atom. The third-order valence-electron chi connectivity index (χ3n) is 1.60. The summed E-state index contributed by atoms with van der Waals surface area (Å²) in [5, 5.41) is 11.5. The molecule has 1 rings (SSSR count). The van der Waals surface area contributed by atoms with Gasteiger partial charge in [0.1, 0.15) is 0 Å². The van der Waals surface area contributed by atoms with Gasteiger partial charge in [-0.3, -0.25) is 0 Å². The van der Waals surface area contributed by atoms with Crippen LogP contribution in [0, 0.1) is 3.57 Å². The molecule has 0 spiro atoms. The van der Waals surface area contributed by atoms with Crippen LogP contribution in [0.1, 0.15) is 6.42 Å². The van der Waals surface area contributed by atoms with Crippen LogP contribution in [0.25, 0.3) is 0 Å². The fraction of sp³-hybridized carbons (Fsp3) is 0.556. The zero-order chi connectivity index (χ0) is 10.9. The first-order valence-corrected chi connectivity index (χ1v) is 5.81. The minimum atomic E-state index is 0.0770. The third kappa shape index (κ3) is 5.85. The SMILES string of the molecule is OCCOCCCNc1ncc(I)cn1. The van der Waals surface area contributed by atoms with Crippen LogP contribution >= 0.6 is 22.6 Å². The van der Waals surface area contributed by atoms with Gasteiger partial charge in [0.2, 0.25) is 5.95 Å². The average molecular weight is 323 g/mol. The van der Waals surface area contributed by atoms with Crippen molar-refractivity contribution in [3.63, 3.8) is 0 Å². The van der Waals surface area contributed by atoms with E-state index in [4.69, 9.17) is 9.84 Å². The van der Waals surface area contributed by atoms with Crippen molar-refractivity contribution < 1.29 is 9.84 Å². The summed E-state index contributed by atoms with van der Waals surface area (Å²) in [5.41, 5.74) is 0. The predicted octanol–water partition coefficient (Wildman–Crippen LogP) is 0.892. The van der Waals surface area contributed by atoms with Crippen molar-refractivity contribution in [3.05, 3.63) is 16.0 Å². The fourth-order valence-corrected chi connectivity index (χ4v) is 1.22. The maximum atomic E-state index is 8.47. The van der Waals surface area contributed by atoms with Crippen LogP contribution in [0.3, 0.4) is 0 Å². The van der Waals surface area contributed by atoms with Crippen LogP contribution in [0.2, 0.25) is 0 Å². The zero-order valence-corrected chi connectivity index (χ0v) is 10.5. The molecule has 84 valence electrons. The molecule has 0 aromatic carbocycles. The average Bonchev–Trinajstić information content (AvgIpc) is 2.26. The molecule has 5 nitrogen and oxygen atoms in total. The topological polar surface area (TPSA) is 67.3 Å². The van der Waals surface area contributed by atoms with Crippen LogP contribution in [0.4, 0.5) is 5.95 Å². The number of anilines is 1. The van der Waals surface area contributed by atoms with E-state index in [0.29, 0.717) is 19.2 Å². The summed E-state index contributed by atoms with van der Waals surface area (Å²) in [4.78, 5) is 8.20. The number of aliphatic hydroxyl groups is 1. The second-order valence-electron chi connectivity index (χ2n) is 2.84. The molecule has 0 saturated carbocycles. The van der Waals surface area contributed by atoms with Gasteiger partial charge in [-0.05, 0) is 29.0 Å². The van der Waals surface area contributed by atoms with Crippen LogP contribution < -0.4 is 5.32 Å². The Morgan fingerprint density at radius 3 is 2.73 bits per heavy atom. The molecular formula is C9H14IN3O2. The summed E-state index contributed by atoms with van der Waals surface area (Å²) in [6.45, 7) is 1.89. The van der Waals surface area contributed by atoms with E-state index in [-0.39, 0.29) is 6.61 Å². The molecule has 0 atom stereocenters. The number of rotatable bonds is 7. The summed E-state index contributed by atoms with van der Waals surface area (Å²) < 4.78 is 6.13. The summed E-state index contributed by atoms with van der Waals surface area (Å²) in [6, 6.07) is 0. The normalized spacial score (nSPS) is 10.3. The van der Waals surface area contributed by atoms with Gasteiger partial charge in [-0.25, -0.2) is 9.97 Å². The monoisotopic (exact) mass is 323 g/mol. The summed E-state index contributed by atoms with van der Waals surface area (Å²) in [7, 11) is 0. The van der Waals surface area contributed by atoms with E-state index in [1.165, 1.54) is 0 Å². The highest BCUT2D eigenvalue weighted by molar-refractivity contribution is 14.1. The molecule has 0 saturated heterocycles. The number of halogens is 1. The second kappa shape index (κ2) is 7.77. The number of aromatic nitrogens is 2. The molecule has 0 aliphatic rings. The maximum absolute atomic E-state index is 8.47. The number of nitrogens with one attached hydrogen (secondary N) is 1. The molecule has 0 radical (unpaired) electrons. The number of hydrogen-bond acceptors (Lipinski definition) is 5. The first-order chi connectivity index (χ1) is 7.33. The lowest BCUT2D eigenvalue weighted by molar-refractivity contribution is 0.0921. The predicted molar refractivity (Wildman–Crippen MR) is 65.8 cm³/mol. The Balaban J connectivity index is 2.07. The van der Waals surface area contributed by atoms with E-state index in [1.54, 1.807) is 12.4 Å². The fourth-order valence-electron chi connectivity index (χ4n) is 0.945. The third-order valence-corrected chi connectivity index (χ3v) is 2.16. The highest BCUT2D eigenvalue weighted by Gasteiger charge is 1.94. The summed E-state index contributed by atoms with van der Waals surface area (Å²) in [5.74, 6) is 0.637. The Morgan fingerprint density at radius 1 is 1.33 bits per heavy atom. The molecule has 6 heteroatoms. The Hall–Kier alpha value is -0.470. The second-order valence-corrected chi connectivity index (χ2v) is 4.09. The minimum absolute atomic E-state index is 0.0770. The van der Waals surface area contributed by atoms with E-state index >= 15 is 0 Å². The molecule has 0 bridgehead atoms. The van der Waals surface area contributed by atoms with E-state index in [1.807, 2.05) is 0 Å². The van der Waals surface area contributed by atoms with Crippen LogP contribution in [-0.4, -0.2) is 41.4 Å². The number of hydrogen-bond donors (Lipinski definition) is 2. The van der Waals surface area contributed by atoms with Gasteiger partial charge in [-0.15, -0.1) is 0 Å². The Bertz CT molecular complexity index is 269. The van der Waals surface area contributed by atoms with Gasteiger partial charge in [0, 0.05) is 29.1 Å². The Kier molecular flexibility index (Phi) is 6.53. The van der Waals surface area contributed by atoms with Crippen molar-refractivity contribution >= 4 is 28.5 Å². The van der Waals surface area contributed by atoms with Gasteiger partial charge >= 0.3 is 0 Å². The lowest BCUT2D eigenvalue weighted by Crippen LogP contribution is -2.09. The molecule has 0 aliphatic carbocycles. The molecular weight excluding hydrogens is 309 g/mol. The van der Waals surface area contributed by atoms with Crippen molar-refractivity contribution in [1.29, 1.82) is 0 Å². The number of ether oxygens (including phenoxy) is 1. The molecule has 0 aliphatic heterocycles. The van der Waals surface area contributed by atoms with E-state index in [0.717, 1.165) is 16.5 Å². The first-order valence-electron chi connectivity index (χ1n) is 4.73. The first kappa shape index (κ1) is 12.6. The minimum Gasteiger partial charge on any atom is -0.394 e. The van der Waals surface area contributed by atoms with Crippen molar-refractivity contribution in [1.82, 2.24) is 9.97 Å². The van der Waals surface area contributed by atoms with Gasteiger partial charge in [0.15, 0.2) is 0 Å². The van der Waals surface area contributed by atoms with Gasteiger partial charge in [0.25, 0.3) is 0 Å². The largest absolute Gasteiger partial charge is 0.394 e. The molecule has 1 aromatic heterocycles. The van der Waals surface area contributed by atoms with E-state index in [2.05, 4.69) is 37.9 Å². The van der Waals surface area contributed by atoms with Crippen LogP contribution in [0.5, 0.6) is 0 Å². The van der Waals surface area contributed by atoms with E-state index < -0.39 is 0 Å². The van der Waals surface area contributed by atoms with Gasteiger partial charge in [-0.1, -0.05) is 0 Å². The molecule has 2 N–H and O–H groups in total. The highest BCUT2D eigenvalue weighted by atomic mass is 127. The van der Waals surface area contributed by atoms with Crippen molar-refractivity contribution in [2.75, 3.05) is 31.7 Å². The molecule has 0 amide bonds. The molecule has 0 unspecified atom stereocenters. The van der Waals surface area contributed by atoms with E-state index in [9.17, 15) is 0 Å². The lowest BCUT2D eigenvalue weighted by atomic mass is 10.4. The maximum Gasteiger partial charge on any atom is 0.222 e. The van der Waals surface area contributed by atoms with Gasteiger partial charge in [-0.2, -0.15) is 0 Å². The van der Waals surface area contributed by atoms with Crippen molar-refractivity contribution in [2.45, 2.75) is 6.42 Å². The molecule has 15 heavy (non-hydrogen) atoms. The Labute approximate surface area is 102 Å². The quantitative estimate of drug-likeness (QED) is 0.576. The van der Waals surface area contributed by atoms with Gasteiger partial charge in [0.05, 0.1) is 13.2 Å². The molecule has 1 aromatic rings. The number of aliphatic hydroxyl groups excluding tert-OH is 1. The molecule has 0 fully saturated rings. The molecule has 1 heterocycles. The smallest absolute Gasteiger partial charge is 0.222 e.